The van der Waals surface area contributed by atoms with Crippen LogP contribution in [0.5, 0.6) is 0 Å². The largest absolute Gasteiger partial charge is 0.357 e. The van der Waals surface area contributed by atoms with Crippen LogP contribution in [0.1, 0.15) is 31.9 Å². The number of hydrogen-bond acceptors (Lipinski definition) is 2. The summed E-state index contributed by atoms with van der Waals surface area (Å²) in [6.07, 6.45) is 4.43. The van der Waals surface area contributed by atoms with Crippen LogP contribution < -0.4 is 5.63 Å². The van der Waals surface area contributed by atoms with Gasteiger partial charge in [0.15, 0.2) is 0 Å². The van der Waals surface area contributed by atoms with E-state index in [0.29, 0.717) is 0 Å². The molecule has 0 aromatic carbocycles. The summed E-state index contributed by atoms with van der Waals surface area (Å²) >= 11 is 0. The normalized spacial score (nSPS) is 10.3. The van der Waals surface area contributed by atoms with Crippen molar-refractivity contribution < 1.29 is 4.52 Å². The van der Waals surface area contributed by atoms with Gasteiger partial charge in [0.05, 0.1) is 5.69 Å². The molecule has 0 amide bonds. The molecule has 0 atom stereocenters. The summed E-state index contributed by atoms with van der Waals surface area (Å²) in [4.78, 5) is 10.5. The van der Waals surface area contributed by atoms with Gasteiger partial charge in [-0.05, 0) is 12.8 Å². The number of nitrogens with one attached hydrogen (secondary N) is 1. The van der Waals surface area contributed by atoms with Crippen molar-refractivity contribution in [2.24, 2.45) is 0 Å². The van der Waals surface area contributed by atoms with Gasteiger partial charge in [0.1, 0.15) is 0 Å². The highest BCUT2D eigenvalue weighted by molar-refractivity contribution is 4.95. The summed E-state index contributed by atoms with van der Waals surface area (Å²) in [5.74, 6) is 0. The zero-order valence-corrected chi connectivity index (χ0v) is 6.72. The van der Waals surface area contributed by atoms with E-state index in [0.717, 1.165) is 18.5 Å². The van der Waals surface area contributed by atoms with Crippen molar-refractivity contribution in [3.05, 3.63) is 22.2 Å². The van der Waals surface area contributed by atoms with E-state index in [9.17, 15) is 4.79 Å². The van der Waals surface area contributed by atoms with Gasteiger partial charge in [-0.15, -0.1) is 0 Å². The number of aromatic amines is 1. The lowest BCUT2D eigenvalue weighted by Gasteiger charge is -1.92. The number of unbranched alkanes of at least 4 members (excludes halogenated alkanes) is 2. The first kappa shape index (κ1) is 8.11. The SMILES string of the molecule is CCCCCc1cc(=O)o[nH]1. The minimum absolute atomic E-state index is 0.281. The summed E-state index contributed by atoms with van der Waals surface area (Å²) < 4.78 is 4.51. The molecule has 0 saturated heterocycles. The summed E-state index contributed by atoms with van der Waals surface area (Å²) in [5.41, 5.74) is 0.625. The van der Waals surface area contributed by atoms with Gasteiger partial charge in [-0.25, -0.2) is 9.95 Å². The first-order valence-corrected chi connectivity index (χ1v) is 4.00. The first-order valence-electron chi connectivity index (χ1n) is 4.00. The molecule has 0 saturated carbocycles. The van der Waals surface area contributed by atoms with Gasteiger partial charge in [0.25, 0.3) is 0 Å². The van der Waals surface area contributed by atoms with Gasteiger partial charge in [-0.2, -0.15) is 0 Å². The average molecular weight is 155 g/mol. The number of aryl methyl sites for hydroxylation is 1. The van der Waals surface area contributed by atoms with E-state index < -0.39 is 0 Å². The van der Waals surface area contributed by atoms with Crippen molar-refractivity contribution in [3.63, 3.8) is 0 Å². The molecular weight excluding hydrogens is 142 g/mol. The lowest BCUT2D eigenvalue weighted by atomic mass is 10.2. The molecule has 0 aliphatic heterocycles. The Labute approximate surface area is 65.4 Å². The average Bonchev–Trinajstić information content (AvgIpc) is 2.37. The Morgan fingerprint density at radius 1 is 1.55 bits per heavy atom. The van der Waals surface area contributed by atoms with Crippen LogP contribution in [0.3, 0.4) is 0 Å². The maximum atomic E-state index is 10.5. The number of H-pyrrole nitrogens is 1. The molecule has 1 aromatic rings. The van der Waals surface area contributed by atoms with Gasteiger partial charge >= 0.3 is 5.63 Å². The Bertz CT molecular complexity index is 249. The molecule has 1 aromatic heterocycles. The quantitative estimate of drug-likeness (QED) is 0.672. The molecule has 62 valence electrons. The summed E-state index contributed by atoms with van der Waals surface area (Å²) in [7, 11) is 0. The fraction of sp³-hybridized carbons (Fsp3) is 0.625. The molecule has 0 aliphatic rings. The van der Waals surface area contributed by atoms with Crippen molar-refractivity contribution in [2.75, 3.05) is 0 Å². The van der Waals surface area contributed by atoms with Crippen LogP contribution in [0.4, 0.5) is 0 Å². The van der Waals surface area contributed by atoms with E-state index in [-0.39, 0.29) is 5.63 Å². The molecule has 1 N–H and O–H groups in total. The topological polar surface area (TPSA) is 46.0 Å². The minimum atomic E-state index is -0.281. The molecule has 1 rings (SSSR count). The zero-order valence-electron chi connectivity index (χ0n) is 6.72. The van der Waals surface area contributed by atoms with Gasteiger partial charge < -0.3 is 4.52 Å². The summed E-state index contributed by atoms with van der Waals surface area (Å²) in [5, 5.41) is 2.58. The fourth-order valence-corrected chi connectivity index (χ4v) is 1.01. The molecule has 3 nitrogen and oxygen atoms in total. The third-order valence-electron chi connectivity index (χ3n) is 1.62. The van der Waals surface area contributed by atoms with E-state index in [2.05, 4.69) is 16.6 Å². The molecule has 11 heavy (non-hydrogen) atoms. The van der Waals surface area contributed by atoms with Crippen molar-refractivity contribution in [1.82, 2.24) is 5.16 Å². The maximum absolute atomic E-state index is 10.5. The monoisotopic (exact) mass is 155 g/mol. The van der Waals surface area contributed by atoms with Crippen LogP contribution in [0.25, 0.3) is 0 Å². The second-order valence-electron chi connectivity index (χ2n) is 2.65. The van der Waals surface area contributed by atoms with Gasteiger partial charge in [0, 0.05) is 6.07 Å². The molecule has 0 fully saturated rings. The van der Waals surface area contributed by atoms with E-state index in [1.165, 1.54) is 18.9 Å². The van der Waals surface area contributed by atoms with Crippen LogP contribution in [0.15, 0.2) is 15.4 Å². The smallest absolute Gasteiger partial charge is 0.339 e. The van der Waals surface area contributed by atoms with Crippen LogP contribution in [-0.4, -0.2) is 5.16 Å². The Balaban J connectivity index is 2.33. The van der Waals surface area contributed by atoms with Crippen molar-refractivity contribution in [1.29, 1.82) is 0 Å². The highest BCUT2D eigenvalue weighted by Crippen LogP contribution is 2.00. The standard InChI is InChI=1S/C8H13NO2/c1-2-3-4-5-7-6-8(10)11-9-7/h6,9H,2-5H2,1H3. The molecule has 0 radical (unpaired) electrons. The van der Waals surface area contributed by atoms with Gasteiger partial charge in [0.2, 0.25) is 0 Å². The van der Waals surface area contributed by atoms with Crippen molar-refractivity contribution >= 4 is 0 Å². The van der Waals surface area contributed by atoms with Crippen LogP contribution in [0, 0.1) is 0 Å². The maximum Gasteiger partial charge on any atom is 0.357 e. The molecule has 1 heterocycles. The third kappa shape index (κ3) is 2.62. The van der Waals surface area contributed by atoms with E-state index in [1.54, 1.807) is 0 Å². The van der Waals surface area contributed by atoms with Gasteiger partial charge in [-0.3, -0.25) is 0 Å². The van der Waals surface area contributed by atoms with E-state index in [4.69, 9.17) is 0 Å². The molecule has 0 aliphatic carbocycles. The predicted octanol–water partition coefficient (Wildman–Crippen LogP) is 1.70. The summed E-state index contributed by atoms with van der Waals surface area (Å²) in [6.45, 7) is 2.15. The first-order chi connectivity index (χ1) is 5.33. The second-order valence-corrected chi connectivity index (χ2v) is 2.65. The number of rotatable bonds is 4. The highest BCUT2D eigenvalue weighted by Gasteiger charge is 1.96. The molecule has 0 unspecified atom stereocenters. The van der Waals surface area contributed by atoms with Crippen molar-refractivity contribution in [2.45, 2.75) is 32.6 Å². The van der Waals surface area contributed by atoms with E-state index >= 15 is 0 Å². The predicted molar refractivity (Wildman–Crippen MR) is 42.6 cm³/mol. The second kappa shape index (κ2) is 4.01. The lowest BCUT2D eigenvalue weighted by Crippen LogP contribution is -1.87. The number of aromatic nitrogens is 1. The molecule has 3 heteroatoms. The third-order valence-corrected chi connectivity index (χ3v) is 1.62. The fourth-order valence-electron chi connectivity index (χ4n) is 1.01. The van der Waals surface area contributed by atoms with E-state index in [1.807, 2.05) is 0 Å². The Morgan fingerprint density at radius 2 is 2.36 bits per heavy atom. The van der Waals surface area contributed by atoms with Gasteiger partial charge in [-0.1, -0.05) is 19.8 Å². The molecular formula is C8H13NO2. The van der Waals surface area contributed by atoms with Crippen LogP contribution in [0.2, 0.25) is 0 Å². The zero-order chi connectivity index (χ0) is 8.10. The van der Waals surface area contributed by atoms with Crippen LogP contribution in [-0.2, 0) is 6.42 Å². The van der Waals surface area contributed by atoms with Crippen molar-refractivity contribution in [3.8, 4) is 0 Å². The Kier molecular flexibility index (Phi) is 2.95. The van der Waals surface area contributed by atoms with Crippen LogP contribution >= 0.6 is 0 Å². The Hall–Kier alpha value is -0.990. The summed E-state index contributed by atoms with van der Waals surface area (Å²) in [6, 6.07) is 1.51. The number of hydrogen-bond donors (Lipinski definition) is 1. The Morgan fingerprint density at radius 3 is 2.91 bits per heavy atom. The molecule has 0 bridgehead atoms. The highest BCUT2D eigenvalue weighted by atomic mass is 16.5. The molecule has 0 spiro atoms. The lowest BCUT2D eigenvalue weighted by molar-refractivity contribution is 0.384. The minimum Gasteiger partial charge on any atom is -0.339 e.